The standard InChI is InChI=1S/C18H23N5O4/c1-4-16-20-15(21-27-16)11-22(2)18(25)19-12-9-17(24)23(10-12)13-5-7-14(26-3)8-6-13/h5-8,12H,4,9-11H2,1-3H3,(H,19,25). The van der Waals surface area contributed by atoms with Crippen molar-refractivity contribution < 1.29 is 18.8 Å². The molecule has 1 aliphatic rings. The molecule has 3 amide bonds. The molecule has 27 heavy (non-hydrogen) atoms. The van der Waals surface area contributed by atoms with E-state index >= 15 is 0 Å². The molecular weight excluding hydrogens is 350 g/mol. The maximum Gasteiger partial charge on any atom is 0.317 e. The zero-order valence-electron chi connectivity index (χ0n) is 15.6. The van der Waals surface area contributed by atoms with E-state index in [-0.39, 0.29) is 30.9 Å². The lowest BCUT2D eigenvalue weighted by atomic mass is 10.2. The van der Waals surface area contributed by atoms with Crippen LogP contribution in [0.15, 0.2) is 28.8 Å². The number of carbonyl (C=O) groups excluding carboxylic acids is 2. The van der Waals surface area contributed by atoms with Crippen molar-refractivity contribution in [1.82, 2.24) is 20.4 Å². The van der Waals surface area contributed by atoms with E-state index in [0.717, 1.165) is 11.4 Å². The molecule has 1 saturated heterocycles. The fraction of sp³-hybridized carbons (Fsp3) is 0.444. The molecule has 0 saturated carbocycles. The summed E-state index contributed by atoms with van der Waals surface area (Å²) in [6.07, 6.45) is 0.905. The summed E-state index contributed by atoms with van der Waals surface area (Å²) in [7, 11) is 3.24. The first-order valence-corrected chi connectivity index (χ1v) is 8.77. The molecule has 9 heteroatoms. The van der Waals surface area contributed by atoms with E-state index in [9.17, 15) is 9.59 Å². The van der Waals surface area contributed by atoms with Gasteiger partial charge in [0.1, 0.15) is 5.75 Å². The monoisotopic (exact) mass is 373 g/mol. The number of nitrogens with zero attached hydrogens (tertiary/aromatic N) is 4. The molecule has 1 N–H and O–H groups in total. The molecule has 2 heterocycles. The van der Waals surface area contributed by atoms with Crippen molar-refractivity contribution in [1.29, 1.82) is 0 Å². The van der Waals surface area contributed by atoms with Gasteiger partial charge in [0.05, 0.1) is 19.7 Å². The zero-order chi connectivity index (χ0) is 19.4. The number of anilines is 1. The Morgan fingerprint density at radius 1 is 1.41 bits per heavy atom. The lowest BCUT2D eigenvalue weighted by molar-refractivity contribution is -0.117. The average molecular weight is 373 g/mol. The van der Waals surface area contributed by atoms with Gasteiger partial charge in [0, 0.05) is 32.1 Å². The van der Waals surface area contributed by atoms with Crippen LogP contribution < -0.4 is 15.0 Å². The number of carbonyl (C=O) groups is 2. The van der Waals surface area contributed by atoms with E-state index in [1.165, 1.54) is 4.90 Å². The molecule has 2 aromatic rings. The molecule has 144 valence electrons. The number of hydrogen-bond donors (Lipinski definition) is 1. The van der Waals surface area contributed by atoms with E-state index in [1.54, 1.807) is 31.2 Å². The Balaban J connectivity index is 1.55. The number of amides is 3. The number of nitrogens with one attached hydrogen (secondary N) is 1. The second kappa shape index (κ2) is 8.07. The number of aromatic nitrogens is 2. The van der Waals surface area contributed by atoms with E-state index in [4.69, 9.17) is 9.26 Å². The molecule has 1 unspecified atom stereocenters. The molecule has 0 bridgehead atoms. The topological polar surface area (TPSA) is 101 Å². The van der Waals surface area contributed by atoms with Crippen molar-refractivity contribution in [3.05, 3.63) is 36.0 Å². The van der Waals surface area contributed by atoms with Gasteiger partial charge in [-0.25, -0.2) is 4.79 Å². The summed E-state index contributed by atoms with van der Waals surface area (Å²) < 4.78 is 10.2. The Labute approximate surface area is 157 Å². The first-order chi connectivity index (χ1) is 13.0. The molecule has 0 spiro atoms. The van der Waals surface area contributed by atoms with E-state index in [0.29, 0.717) is 24.7 Å². The van der Waals surface area contributed by atoms with Crippen molar-refractivity contribution >= 4 is 17.6 Å². The predicted octanol–water partition coefficient (Wildman–Crippen LogP) is 1.59. The van der Waals surface area contributed by atoms with Crippen LogP contribution in [0, 0.1) is 0 Å². The number of methoxy groups -OCH3 is 1. The number of rotatable bonds is 6. The van der Waals surface area contributed by atoms with Gasteiger partial charge in [0.2, 0.25) is 11.8 Å². The van der Waals surface area contributed by atoms with Crippen LogP contribution in [0.25, 0.3) is 0 Å². The largest absolute Gasteiger partial charge is 0.497 e. The van der Waals surface area contributed by atoms with Crippen LogP contribution in [-0.4, -0.2) is 53.7 Å². The fourth-order valence-corrected chi connectivity index (χ4v) is 2.88. The van der Waals surface area contributed by atoms with Gasteiger partial charge in [-0.2, -0.15) is 4.98 Å². The van der Waals surface area contributed by atoms with Gasteiger partial charge in [-0.1, -0.05) is 12.1 Å². The molecule has 3 rings (SSSR count). The van der Waals surface area contributed by atoms with Crippen molar-refractivity contribution in [3.63, 3.8) is 0 Å². The van der Waals surface area contributed by atoms with Gasteiger partial charge < -0.3 is 24.4 Å². The number of ether oxygens (including phenoxy) is 1. The smallest absolute Gasteiger partial charge is 0.317 e. The molecule has 0 aliphatic carbocycles. The minimum atomic E-state index is -0.285. The molecule has 9 nitrogen and oxygen atoms in total. The normalized spacial score (nSPS) is 16.5. The lowest BCUT2D eigenvalue weighted by Gasteiger charge is -2.20. The van der Waals surface area contributed by atoms with Crippen LogP contribution in [0.3, 0.4) is 0 Å². The zero-order valence-corrected chi connectivity index (χ0v) is 15.6. The maximum atomic E-state index is 12.4. The Bertz CT molecular complexity index is 804. The van der Waals surface area contributed by atoms with Crippen LogP contribution in [0.5, 0.6) is 5.75 Å². The minimum Gasteiger partial charge on any atom is -0.497 e. The molecule has 1 aromatic heterocycles. The van der Waals surface area contributed by atoms with Crippen LogP contribution in [0.1, 0.15) is 25.1 Å². The maximum absolute atomic E-state index is 12.4. The third-order valence-electron chi connectivity index (χ3n) is 4.37. The summed E-state index contributed by atoms with van der Waals surface area (Å²) in [5, 5.41) is 6.72. The Kier molecular flexibility index (Phi) is 5.58. The Morgan fingerprint density at radius 2 is 2.15 bits per heavy atom. The minimum absolute atomic E-state index is 0.0288. The number of aryl methyl sites for hydroxylation is 1. The van der Waals surface area contributed by atoms with Gasteiger partial charge in [-0.3, -0.25) is 4.79 Å². The second-order valence-corrected chi connectivity index (χ2v) is 6.37. The Morgan fingerprint density at radius 3 is 2.78 bits per heavy atom. The van der Waals surface area contributed by atoms with Crippen LogP contribution in [0.4, 0.5) is 10.5 Å². The van der Waals surface area contributed by atoms with Crippen molar-refractivity contribution in [2.24, 2.45) is 0 Å². The molecule has 1 aromatic carbocycles. The quantitative estimate of drug-likeness (QED) is 0.825. The highest BCUT2D eigenvalue weighted by Gasteiger charge is 2.32. The van der Waals surface area contributed by atoms with Gasteiger partial charge in [0.25, 0.3) is 0 Å². The highest BCUT2D eigenvalue weighted by molar-refractivity contribution is 5.96. The summed E-state index contributed by atoms with van der Waals surface area (Å²) in [6, 6.07) is 6.72. The summed E-state index contributed by atoms with van der Waals surface area (Å²) in [5.41, 5.74) is 0.782. The number of benzene rings is 1. The van der Waals surface area contributed by atoms with Crippen molar-refractivity contribution in [3.8, 4) is 5.75 Å². The van der Waals surface area contributed by atoms with Gasteiger partial charge >= 0.3 is 6.03 Å². The van der Waals surface area contributed by atoms with E-state index < -0.39 is 0 Å². The fourth-order valence-electron chi connectivity index (χ4n) is 2.88. The summed E-state index contributed by atoms with van der Waals surface area (Å²) in [4.78, 5) is 32.0. The highest BCUT2D eigenvalue weighted by atomic mass is 16.5. The number of hydrogen-bond acceptors (Lipinski definition) is 6. The van der Waals surface area contributed by atoms with Crippen LogP contribution in [-0.2, 0) is 17.8 Å². The molecule has 1 fully saturated rings. The lowest BCUT2D eigenvalue weighted by Crippen LogP contribution is -2.44. The highest BCUT2D eigenvalue weighted by Crippen LogP contribution is 2.24. The third kappa shape index (κ3) is 4.36. The predicted molar refractivity (Wildman–Crippen MR) is 97.4 cm³/mol. The summed E-state index contributed by atoms with van der Waals surface area (Å²) >= 11 is 0. The van der Waals surface area contributed by atoms with E-state index in [1.807, 2.05) is 19.1 Å². The first-order valence-electron chi connectivity index (χ1n) is 8.77. The molecule has 0 radical (unpaired) electrons. The third-order valence-corrected chi connectivity index (χ3v) is 4.37. The van der Waals surface area contributed by atoms with E-state index in [2.05, 4.69) is 15.5 Å². The Hall–Kier alpha value is -3.10. The second-order valence-electron chi connectivity index (χ2n) is 6.37. The average Bonchev–Trinajstić information content (AvgIpc) is 3.27. The molecular formula is C18H23N5O4. The number of urea groups is 1. The van der Waals surface area contributed by atoms with Crippen molar-refractivity contribution in [2.45, 2.75) is 32.4 Å². The summed E-state index contributed by atoms with van der Waals surface area (Å²) in [5.74, 6) is 1.69. The van der Waals surface area contributed by atoms with Gasteiger partial charge in [-0.15, -0.1) is 0 Å². The molecule has 1 aliphatic heterocycles. The SMILES string of the molecule is CCc1nc(CN(C)C(=O)NC2CC(=O)N(c3ccc(OC)cc3)C2)no1. The van der Waals surface area contributed by atoms with Crippen LogP contribution >= 0.6 is 0 Å². The van der Waals surface area contributed by atoms with Gasteiger partial charge in [-0.05, 0) is 24.3 Å². The van der Waals surface area contributed by atoms with Crippen LogP contribution in [0.2, 0.25) is 0 Å². The summed E-state index contributed by atoms with van der Waals surface area (Å²) in [6.45, 7) is 2.57. The first kappa shape index (κ1) is 18.7. The van der Waals surface area contributed by atoms with Gasteiger partial charge in [0.15, 0.2) is 5.82 Å². The van der Waals surface area contributed by atoms with Crippen molar-refractivity contribution in [2.75, 3.05) is 25.6 Å². The molecule has 1 atom stereocenters.